The Labute approximate surface area is 356 Å². The Balaban J connectivity index is 1.18. The molecule has 2 aliphatic rings. The molecule has 6 rings (SSSR count). The maximum atomic E-state index is 13.8. The fourth-order valence-corrected chi connectivity index (χ4v) is 7.96. The maximum absolute atomic E-state index is 13.8. The lowest BCUT2D eigenvalue weighted by molar-refractivity contribution is -0.274. The van der Waals surface area contributed by atoms with E-state index in [2.05, 4.69) is 35.6 Å². The summed E-state index contributed by atoms with van der Waals surface area (Å²) < 4.78 is 50.4. The van der Waals surface area contributed by atoms with Crippen molar-refractivity contribution in [1.82, 2.24) is 35.4 Å². The summed E-state index contributed by atoms with van der Waals surface area (Å²) >= 11 is 6.59. The minimum atomic E-state index is -5.06. The summed E-state index contributed by atoms with van der Waals surface area (Å²) in [4.78, 5) is 69.1. The largest absolute Gasteiger partial charge is 0.573 e. The number of amides is 5. The van der Waals surface area contributed by atoms with Crippen LogP contribution in [-0.4, -0.2) is 107 Å². The Bertz CT molecular complexity index is 2240. The van der Waals surface area contributed by atoms with Crippen LogP contribution in [0.4, 0.5) is 34.3 Å². The van der Waals surface area contributed by atoms with Gasteiger partial charge in [-0.05, 0) is 61.4 Å². The number of imidazole rings is 1. The Morgan fingerprint density at radius 1 is 0.918 bits per heavy atom. The number of anilines is 2. The van der Waals surface area contributed by atoms with Crippen LogP contribution in [0, 0.1) is 11.8 Å². The van der Waals surface area contributed by atoms with E-state index >= 15 is 0 Å². The second-order valence-electron chi connectivity index (χ2n) is 15.8. The van der Waals surface area contributed by atoms with Gasteiger partial charge in [0.25, 0.3) is 5.91 Å². The highest BCUT2D eigenvalue weighted by molar-refractivity contribution is 6.34. The predicted molar refractivity (Wildman–Crippen MR) is 223 cm³/mol. The van der Waals surface area contributed by atoms with Gasteiger partial charge in [-0.25, -0.2) is 19.6 Å². The van der Waals surface area contributed by atoms with Crippen molar-refractivity contribution in [2.24, 2.45) is 11.8 Å². The molecule has 0 aliphatic carbocycles. The van der Waals surface area contributed by atoms with E-state index in [9.17, 15) is 32.3 Å². The molecule has 0 spiro atoms. The monoisotopic (exact) mass is 867 g/mol. The van der Waals surface area contributed by atoms with Crippen LogP contribution < -0.4 is 25.6 Å². The lowest BCUT2D eigenvalue weighted by Crippen LogP contribution is -2.60. The van der Waals surface area contributed by atoms with Crippen LogP contribution in [0.2, 0.25) is 5.02 Å². The summed E-state index contributed by atoms with van der Waals surface area (Å²) in [5.41, 5.74) is 1.68. The number of rotatable bonds is 10. The first-order chi connectivity index (χ1) is 28.9. The molecule has 4 aromatic rings. The molecular weight excluding hydrogens is 819 g/mol. The van der Waals surface area contributed by atoms with E-state index < -0.39 is 30.2 Å². The van der Waals surface area contributed by atoms with Gasteiger partial charge in [-0.3, -0.25) is 9.59 Å². The van der Waals surface area contributed by atoms with E-state index in [1.807, 2.05) is 39.5 Å². The summed E-state index contributed by atoms with van der Waals surface area (Å²) in [6, 6.07) is 10.6. The van der Waals surface area contributed by atoms with Gasteiger partial charge in [0, 0.05) is 56.6 Å². The van der Waals surface area contributed by atoms with Crippen molar-refractivity contribution < 1.29 is 41.8 Å². The molecule has 15 nitrogen and oxygen atoms in total. The lowest BCUT2D eigenvalue weighted by Gasteiger charge is -2.44. The Hall–Kier alpha value is -6.04. The molecule has 5 atom stereocenters. The number of pyridine rings is 1. The second kappa shape index (κ2) is 18.3. The van der Waals surface area contributed by atoms with E-state index in [1.54, 1.807) is 59.4 Å². The fraction of sp³-hybridized carbons (Fsp3) is 0.429. The number of piperazine rings is 1. The third-order valence-electron chi connectivity index (χ3n) is 10.9. The number of likely N-dealkylation sites (tertiary alicyclic amines) is 1. The number of hydrogen-bond acceptors (Lipinski definition) is 9. The Morgan fingerprint density at radius 2 is 1.62 bits per heavy atom. The lowest BCUT2D eigenvalue weighted by atomic mass is 10.0. The number of ether oxygens (including phenoxy) is 2. The van der Waals surface area contributed by atoms with Gasteiger partial charge < -0.3 is 45.1 Å². The zero-order chi connectivity index (χ0) is 44.3. The molecule has 5 amide bonds. The predicted octanol–water partition coefficient (Wildman–Crippen LogP) is 7.47. The van der Waals surface area contributed by atoms with E-state index in [0.717, 1.165) is 6.07 Å². The van der Waals surface area contributed by atoms with Crippen LogP contribution in [-0.2, 0) is 9.53 Å². The van der Waals surface area contributed by atoms with Gasteiger partial charge in [-0.15, -0.1) is 13.2 Å². The molecule has 61 heavy (non-hydrogen) atoms. The molecule has 2 aromatic carbocycles. The molecule has 2 fully saturated rings. The number of alkyl carbamates (subject to hydrolysis) is 1. The van der Waals surface area contributed by atoms with Crippen molar-refractivity contribution in [2.45, 2.75) is 71.6 Å². The van der Waals surface area contributed by atoms with Gasteiger partial charge in [-0.1, -0.05) is 56.6 Å². The van der Waals surface area contributed by atoms with Gasteiger partial charge in [0.15, 0.2) is 0 Å². The van der Waals surface area contributed by atoms with E-state index in [0.29, 0.717) is 54.5 Å². The minimum absolute atomic E-state index is 0.0254. The molecule has 5 unspecified atom stereocenters. The first-order valence-electron chi connectivity index (χ1n) is 19.8. The number of carbonyl (C=O) groups is 4. The number of hydrogen-bond donors (Lipinski definition) is 4. The number of nitrogens with zero attached hydrogens (tertiary/aromatic N) is 5. The molecule has 0 bridgehead atoms. The summed E-state index contributed by atoms with van der Waals surface area (Å²) in [7, 11) is 2.82. The highest BCUT2D eigenvalue weighted by Crippen LogP contribution is 2.41. The van der Waals surface area contributed by atoms with Gasteiger partial charge in [0.1, 0.15) is 23.4 Å². The highest BCUT2D eigenvalue weighted by atomic mass is 35.5. The smallest absolute Gasteiger partial charge is 0.453 e. The number of nitrogens with one attached hydrogen (secondary N) is 4. The molecule has 326 valence electrons. The number of urea groups is 1. The minimum Gasteiger partial charge on any atom is -0.453 e. The van der Waals surface area contributed by atoms with Gasteiger partial charge in [0.05, 0.1) is 41.3 Å². The number of H-pyrrole nitrogens is 1. The molecule has 0 radical (unpaired) electrons. The van der Waals surface area contributed by atoms with E-state index in [4.69, 9.17) is 16.3 Å². The van der Waals surface area contributed by atoms with Crippen LogP contribution in [0.3, 0.4) is 0 Å². The molecule has 0 saturated carbocycles. The zero-order valence-corrected chi connectivity index (χ0v) is 35.5. The van der Waals surface area contributed by atoms with E-state index in [1.165, 1.54) is 19.4 Å². The quantitative estimate of drug-likeness (QED) is 0.126. The third-order valence-corrected chi connectivity index (χ3v) is 11.2. The first-order valence-corrected chi connectivity index (χ1v) is 20.2. The first kappa shape index (κ1) is 44.5. The van der Waals surface area contributed by atoms with Crippen molar-refractivity contribution in [2.75, 3.05) is 44.0 Å². The number of halogens is 4. The highest BCUT2D eigenvalue weighted by Gasteiger charge is 2.40. The second-order valence-corrected chi connectivity index (χ2v) is 16.2. The molecule has 2 aliphatic heterocycles. The van der Waals surface area contributed by atoms with E-state index in [-0.39, 0.29) is 63.7 Å². The SMILES string of the molecule is CNC(=O)N1CC(C)N(c2ccc(C(=O)Nc3cc(OC(F)(F)F)c(-c4ccc(-c5cnc(C6CC(C)CN6C(=O)C(NC(=O)OC)C(C)C)[nH]5)cc4)cc3Cl)cn2)CC1C. The van der Waals surface area contributed by atoms with Crippen molar-refractivity contribution in [3.8, 4) is 28.1 Å². The number of aromatic amines is 1. The summed E-state index contributed by atoms with van der Waals surface area (Å²) in [5.74, 6) is -0.373. The topological polar surface area (TPSA) is 174 Å². The van der Waals surface area contributed by atoms with Gasteiger partial charge >= 0.3 is 18.5 Å². The van der Waals surface area contributed by atoms with Gasteiger partial charge in [0.2, 0.25) is 5.91 Å². The Kier molecular flexibility index (Phi) is 13.3. The van der Waals surface area contributed by atoms with Crippen LogP contribution >= 0.6 is 11.6 Å². The average Bonchev–Trinajstić information content (AvgIpc) is 3.87. The number of methoxy groups -OCH3 is 1. The number of alkyl halides is 3. The van der Waals surface area contributed by atoms with Crippen molar-refractivity contribution in [3.63, 3.8) is 0 Å². The third kappa shape index (κ3) is 10.1. The summed E-state index contributed by atoms with van der Waals surface area (Å²) in [5, 5.41) is 7.84. The number of benzene rings is 2. The fourth-order valence-electron chi connectivity index (χ4n) is 7.75. The number of carbonyl (C=O) groups excluding carboxylic acids is 4. The Morgan fingerprint density at radius 3 is 2.25 bits per heavy atom. The van der Waals surface area contributed by atoms with Crippen LogP contribution in [0.15, 0.2) is 60.9 Å². The molecular formula is C42H49ClF3N9O6. The van der Waals surface area contributed by atoms with Crippen molar-refractivity contribution in [3.05, 3.63) is 77.3 Å². The average molecular weight is 868 g/mol. The summed E-state index contributed by atoms with van der Waals surface area (Å²) in [6.45, 7) is 11.1. The molecule has 2 saturated heterocycles. The number of aromatic nitrogens is 3. The standard InChI is InChI=1S/C42H49ClF3N9O6/c1-22(2)36(52-41(59)60-7)39(57)55-19-23(3)14-33(55)37-49-18-32(50-37)27-10-8-26(9-11-27)29-15-30(43)31(16-34(29)61-42(44,45)46)51-38(56)28-12-13-35(48-17-28)53-20-25(5)54(21-24(53)4)40(58)47-6/h8-13,15-18,22-25,33,36H,14,19-21H2,1-7H3,(H,47,58)(H,49,50)(H,51,56)(H,52,59). The molecule has 4 N–H and O–H groups in total. The van der Waals surface area contributed by atoms with Crippen molar-refractivity contribution in [1.29, 1.82) is 0 Å². The summed E-state index contributed by atoms with van der Waals surface area (Å²) in [6.07, 6.45) is -2.14. The zero-order valence-electron chi connectivity index (χ0n) is 34.8. The normalized spacial score (nSPS) is 19.7. The van der Waals surface area contributed by atoms with Crippen LogP contribution in [0.1, 0.15) is 63.3 Å². The maximum Gasteiger partial charge on any atom is 0.573 e. The van der Waals surface area contributed by atoms with Crippen molar-refractivity contribution >= 4 is 47.0 Å². The van der Waals surface area contributed by atoms with Crippen LogP contribution in [0.25, 0.3) is 22.4 Å². The molecule has 19 heteroatoms. The molecule has 4 heterocycles. The van der Waals surface area contributed by atoms with Crippen LogP contribution in [0.5, 0.6) is 5.75 Å². The molecule has 2 aromatic heterocycles. The van der Waals surface area contributed by atoms with Gasteiger partial charge in [-0.2, -0.15) is 0 Å².